The Morgan fingerprint density at radius 2 is 1.50 bits per heavy atom. The van der Waals surface area contributed by atoms with Crippen molar-refractivity contribution < 1.29 is 37.0 Å². The van der Waals surface area contributed by atoms with Gasteiger partial charge in [0.1, 0.15) is 6.04 Å². The Morgan fingerprint density at radius 1 is 1.00 bits per heavy atom. The largest absolute Gasteiger partial charge is 0.471 e. The summed E-state index contributed by atoms with van der Waals surface area (Å²) in [6, 6.07) is -1.57. The first-order valence-electron chi connectivity index (χ1n) is 7.78. The van der Waals surface area contributed by atoms with E-state index in [-0.39, 0.29) is 18.9 Å². The molecule has 0 heterocycles. The number of rotatable bonds is 9. The summed E-state index contributed by atoms with van der Waals surface area (Å²) in [5, 5.41) is 1.56. The number of alkyl halides is 3. The van der Waals surface area contributed by atoms with Crippen LogP contribution in [0.4, 0.5) is 13.2 Å². The number of hydrogen-bond donors (Lipinski definition) is 1. The van der Waals surface area contributed by atoms with Gasteiger partial charge < -0.3 is 14.8 Å². The molecule has 0 saturated carbocycles. The molecule has 0 aromatic heterocycles. The summed E-state index contributed by atoms with van der Waals surface area (Å²) >= 11 is 0. The molecule has 0 spiro atoms. The van der Waals surface area contributed by atoms with Crippen LogP contribution in [0.25, 0.3) is 0 Å². The summed E-state index contributed by atoms with van der Waals surface area (Å²) < 4.78 is 47.0. The second-order valence-electron chi connectivity index (χ2n) is 5.43. The van der Waals surface area contributed by atoms with Gasteiger partial charge in [-0.1, -0.05) is 13.8 Å². The Balaban J connectivity index is 4.83. The quantitative estimate of drug-likeness (QED) is 0.643. The van der Waals surface area contributed by atoms with E-state index in [0.717, 1.165) is 0 Å². The van der Waals surface area contributed by atoms with Crippen molar-refractivity contribution in [3.05, 3.63) is 0 Å². The van der Waals surface area contributed by atoms with Gasteiger partial charge in [0.2, 0.25) is 0 Å². The molecule has 3 atom stereocenters. The molecular formula is C15H24F3NO5. The van der Waals surface area contributed by atoms with Gasteiger partial charge in [-0.25, -0.2) is 4.79 Å². The number of carbonyl (C=O) groups is 3. The molecule has 0 saturated heterocycles. The zero-order valence-electron chi connectivity index (χ0n) is 14.2. The molecule has 6 nitrogen and oxygen atoms in total. The highest BCUT2D eigenvalue weighted by Crippen LogP contribution is 2.16. The van der Waals surface area contributed by atoms with Crippen molar-refractivity contribution in [3.63, 3.8) is 0 Å². The standard InChI is InChI=1S/C15H24F3NO5/c1-5-9(3)23-12(20)8-7-11(13(21)24-10(4)6-2)19-14(22)15(16,17)18/h9-11H,5-8H2,1-4H3,(H,19,22)/t9?,10?,11-/m0/s1. The van der Waals surface area contributed by atoms with E-state index in [4.69, 9.17) is 9.47 Å². The van der Waals surface area contributed by atoms with Gasteiger partial charge in [-0.2, -0.15) is 13.2 Å². The monoisotopic (exact) mass is 355 g/mol. The Bertz CT molecular complexity index is 439. The van der Waals surface area contributed by atoms with Gasteiger partial charge in [-0.3, -0.25) is 9.59 Å². The maximum atomic E-state index is 12.4. The smallest absolute Gasteiger partial charge is 0.463 e. The van der Waals surface area contributed by atoms with E-state index >= 15 is 0 Å². The second-order valence-corrected chi connectivity index (χ2v) is 5.43. The third-order valence-electron chi connectivity index (χ3n) is 3.28. The number of halogens is 3. The lowest BCUT2D eigenvalue weighted by Gasteiger charge is -2.20. The van der Waals surface area contributed by atoms with Gasteiger partial charge in [0.05, 0.1) is 12.2 Å². The van der Waals surface area contributed by atoms with Crippen LogP contribution in [0.15, 0.2) is 0 Å². The highest BCUT2D eigenvalue weighted by atomic mass is 19.4. The van der Waals surface area contributed by atoms with Gasteiger partial charge in [0, 0.05) is 6.42 Å². The maximum Gasteiger partial charge on any atom is 0.471 e. The van der Waals surface area contributed by atoms with Crippen LogP contribution in [0.3, 0.4) is 0 Å². The van der Waals surface area contributed by atoms with Gasteiger partial charge in [0.25, 0.3) is 0 Å². The number of hydrogen-bond acceptors (Lipinski definition) is 5. The number of ether oxygens (including phenoxy) is 2. The van der Waals surface area contributed by atoms with E-state index in [9.17, 15) is 27.6 Å². The molecule has 0 aliphatic carbocycles. The predicted molar refractivity (Wildman–Crippen MR) is 78.9 cm³/mol. The van der Waals surface area contributed by atoms with Crippen LogP contribution in [0.5, 0.6) is 0 Å². The fourth-order valence-corrected chi connectivity index (χ4v) is 1.48. The lowest BCUT2D eigenvalue weighted by molar-refractivity contribution is -0.176. The number of esters is 2. The molecule has 0 aromatic carbocycles. The molecule has 0 fully saturated rings. The van der Waals surface area contributed by atoms with E-state index in [2.05, 4.69) is 0 Å². The van der Waals surface area contributed by atoms with E-state index in [1.165, 1.54) is 0 Å². The highest BCUT2D eigenvalue weighted by Gasteiger charge is 2.41. The van der Waals surface area contributed by atoms with Gasteiger partial charge in [-0.05, 0) is 33.1 Å². The topological polar surface area (TPSA) is 81.7 Å². The molecule has 9 heteroatoms. The van der Waals surface area contributed by atoms with Crippen molar-refractivity contribution in [2.75, 3.05) is 0 Å². The molecule has 1 N–H and O–H groups in total. The third-order valence-corrected chi connectivity index (χ3v) is 3.28. The first-order chi connectivity index (χ1) is 11.0. The summed E-state index contributed by atoms with van der Waals surface area (Å²) in [5.41, 5.74) is 0. The molecule has 1 amide bonds. The molecule has 24 heavy (non-hydrogen) atoms. The van der Waals surface area contributed by atoms with E-state index < -0.39 is 36.2 Å². The molecule has 0 radical (unpaired) electrons. The van der Waals surface area contributed by atoms with Gasteiger partial charge >= 0.3 is 24.0 Å². The van der Waals surface area contributed by atoms with Crippen molar-refractivity contribution in [2.24, 2.45) is 0 Å². The van der Waals surface area contributed by atoms with E-state index in [1.807, 2.05) is 0 Å². The zero-order chi connectivity index (χ0) is 18.9. The highest BCUT2D eigenvalue weighted by molar-refractivity contribution is 5.87. The fraction of sp³-hybridized carbons (Fsp3) is 0.800. The Morgan fingerprint density at radius 3 is 1.96 bits per heavy atom. The second kappa shape index (κ2) is 10.1. The molecule has 0 aliphatic rings. The molecular weight excluding hydrogens is 331 g/mol. The average Bonchev–Trinajstić information content (AvgIpc) is 2.49. The molecule has 0 bridgehead atoms. The minimum Gasteiger partial charge on any atom is -0.463 e. The van der Waals surface area contributed by atoms with Crippen LogP contribution in [0.1, 0.15) is 53.4 Å². The molecule has 0 aliphatic heterocycles. The van der Waals surface area contributed by atoms with Gasteiger partial charge in [0.15, 0.2) is 0 Å². The van der Waals surface area contributed by atoms with E-state index in [0.29, 0.717) is 12.8 Å². The van der Waals surface area contributed by atoms with Crippen molar-refractivity contribution in [3.8, 4) is 0 Å². The maximum absolute atomic E-state index is 12.4. The molecule has 140 valence electrons. The fourth-order valence-electron chi connectivity index (χ4n) is 1.48. The zero-order valence-corrected chi connectivity index (χ0v) is 14.2. The van der Waals surface area contributed by atoms with Crippen LogP contribution in [0.2, 0.25) is 0 Å². The summed E-state index contributed by atoms with van der Waals surface area (Å²) in [6.45, 7) is 6.76. The van der Waals surface area contributed by atoms with Crippen LogP contribution < -0.4 is 5.32 Å². The Hall–Kier alpha value is -1.80. The lowest BCUT2D eigenvalue weighted by Crippen LogP contribution is -2.48. The SMILES string of the molecule is CCC(C)OC(=O)CC[C@H](NC(=O)C(F)(F)F)C(=O)OC(C)CC. The summed E-state index contributed by atoms with van der Waals surface area (Å²) in [4.78, 5) is 34.5. The summed E-state index contributed by atoms with van der Waals surface area (Å²) in [6.07, 6.45) is -5.61. The lowest BCUT2D eigenvalue weighted by atomic mass is 10.1. The number of amides is 1. The number of carbonyl (C=O) groups excluding carboxylic acids is 3. The van der Waals surface area contributed by atoms with Crippen LogP contribution in [-0.2, 0) is 23.9 Å². The average molecular weight is 355 g/mol. The van der Waals surface area contributed by atoms with Crippen molar-refractivity contribution in [1.82, 2.24) is 5.32 Å². The van der Waals surface area contributed by atoms with Crippen LogP contribution in [0, 0.1) is 0 Å². The van der Waals surface area contributed by atoms with Gasteiger partial charge in [-0.15, -0.1) is 0 Å². The third kappa shape index (κ3) is 8.73. The predicted octanol–water partition coefficient (Wildman–Crippen LogP) is 2.50. The van der Waals surface area contributed by atoms with Crippen molar-refractivity contribution in [2.45, 2.75) is 77.8 Å². The summed E-state index contributed by atoms with van der Waals surface area (Å²) in [7, 11) is 0. The normalized spacial score (nSPS) is 15.1. The molecule has 0 rings (SSSR count). The minimum absolute atomic E-state index is 0.317. The number of nitrogens with one attached hydrogen (secondary N) is 1. The van der Waals surface area contributed by atoms with Crippen LogP contribution in [-0.4, -0.2) is 42.3 Å². The van der Waals surface area contributed by atoms with Crippen molar-refractivity contribution >= 4 is 17.8 Å². The molecule has 0 aromatic rings. The summed E-state index contributed by atoms with van der Waals surface area (Å²) in [5.74, 6) is -3.94. The minimum atomic E-state index is -5.13. The van der Waals surface area contributed by atoms with Crippen LogP contribution >= 0.6 is 0 Å². The molecule has 2 unspecified atom stereocenters. The first kappa shape index (κ1) is 22.2. The van der Waals surface area contributed by atoms with E-state index in [1.54, 1.807) is 33.0 Å². The Kier molecular flexibility index (Phi) is 9.38. The first-order valence-corrected chi connectivity index (χ1v) is 7.78. The van der Waals surface area contributed by atoms with Crippen molar-refractivity contribution in [1.29, 1.82) is 0 Å². The Labute approximate surface area is 139 Å².